The van der Waals surface area contributed by atoms with E-state index < -0.39 is 10.0 Å². The van der Waals surface area contributed by atoms with E-state index in [1.807, 2.05) is 0 Å². The van der Waals surface area contributed by atoms with Crippen LogP contribution in [0.2, 0.25) is 0 Å². The Morgan fingerprint density at radius 2 is 2.00 bits per heavy atom. The Morgan fingerprint density at radius 3 is 2.62 bits per heavy atom. The Bertz CT molecular complexity index is 642. The number of quaternary nitrogens is 1. The smallest absolute Gasteiger partial charge is 0.257 e. The summed E-state index contributed by atoms with van der Waals surface area (Å²) in [5, 5.41) is 10.1. The molecule has 0 unspecified atom stereocenters. The standard InChI is InChI=1S/C16H28N3O4S/c1-17-8-11-19(2,12-9-17)10-5-13-24(21,22)18(20)15-6-4-7-16(14-15)23-3/h4,6-7,14,20H,5,8-13H2,1-3H3/q+1. The van der Waals surface area contributed by atoms with Crippen molar-refractivity contribution in [3.63, 3.8) is 0 Å². The van der Waals surface area contributed by atoms with E-state index in [0.717, 1.165) is 37.2 Å². The first-order chi connectivity index (χ1) is 11.3. The van der Waals surface area contributed by atoms with Crippen molar-refractivity contribution in [3.8, 4) is 5.75 Å². The predicted octanol–water partition coefficient (Wildman–Crippen LogP) is 1.00. The average molecular weight is 358 g/mol. The van der Waals surface area contributed by atoms with E-state index in [9.17, 15) is 13.6 Å². The third-order valence-corrected chi connectivity index (χ3v) is 6.22. The topological polar surface area (TPSA) is 70.1 Å². The summed E-state index contributed by atoms with van der Waals surface area (Å²) < 4.78 is 31.0. The molecule has 2 rings (SSSR count). The van der Waals surface area contributed by atoms with Crippen LogP contribution in [0.15, 0.2) is 24.3 Å². The molecule has 1 aliphatic rings. The minimum Gasteiger partial charge on any atom is -0.497 e. The van der Waals surface area contributed by atoms with E-state index in [0.29, 0.717) is 16.6 Å². The number of nitrogens with zero attached hydrogens (tertiary/aromatic N) is 3. The van der Waals surface area contributed by atoms with Crippen molar-refractivity contribution in [3.05, 3.63) is 24.3 Å². The van der Waals surface area contributed by atoms with Gasteiger partial charge in [-0.2, -0.15) is 0 Å². The molecule has 1 aromatic rings. The van der Waals surface area contributed by atoms with E-state index in [4.69, 9.17) is 4.74 Å². The van der Waals surface area contributed by atoms with Gasteiger partial charge in [-0.15, -0.1) is 4.47 Å². The molecule has 7 nitrogen and oxygen atoms in total. The highest BCUT2D eigenvalue weighted by Crippen LogP contribution is 2.22. The Morgan fingerprint density at radius 1 is 1.33 bits per heavy atom. The monoisotopic (exact) mass is 358 g/mol. The largest absolute Gasteiger partial charge is 0.497 e. The van der Waals surface area contributed by atoms with E-state index >= 15 is 0 Å². The molecular formula is C16H28N3O4S+. The maximum atomic E-state index is 12.3. The summed E-state index contributed by atoms with van der Waals surface area (Å²) in [6.07, 6.45) is 0.517. The number of methoxy groups -OCH3 is 1. The first kappa shape index (κ1) is 19.0. The van der Waals surface area contributed by atoms with Crippen molar-refractivity contribution in [1.82, 2.24) is 4.90 Å². The van der Waals surface area contributed by atoms with Crippen molar-refractivity contribution >= 4 is 15.7 Å². The van der Waals surface area contributed by atoms with Crippen LogP contribution in [0.5, 0.6) is 5.75 Å². The molecule has 1 fully saturated rings. The van der Waals surface area contributed by atoms with Crippen LogP contribution in [0, 0.1) is 0 Å². The van der Waals surface area contributed by atoms with E-state index in [1.165, 1.54) is 19.2 Å². The number of sulfonamides is 1. The molecule has 1 saturated heterocycles. The second kappa shape index (κ2) is 7.69. The summed E-state index contributed by atoms with van der Waals surface area (Å²) in [5.74, 6) is 0.418. The minimum absolute atomic E-state index is 0.0790. The maximum Gasteiger partial charge on any atom is 0.257 e. The molecule has 0 aromatic heterocycles. The van der Waals surface area contributed by atoms with Crippen LogP contribution in [-0.2, 0) is 10.0 Å². The molecule has 0 atom stereocenters. The van der Waals surface area contributed by atoms with Crippen LogP contribution < -0.4 is 9.21 Å². The van der Waals surface area contributed by atoms with Crippen molar-refractivity contribution in [1.29, 1.82) is 0 Å². The van der Waals surface area contributed by atoms with Gasteiger partial charge in [0.2, 0.25) is 0 Å². The van der Waals surface area contributed by atoms with E-state index in [-0.39, 0.29) is 11.4 Å². The molecule has 1 aliphatic heterocycles. The van der Waals surface area contributed by atoms with Crippen LogP contribution in [0.1, 0.15) is 6.42 Å². The zero-order valence-electron chi connectivity index (χ0n) is 14.7. The molecule has 1 aromatic carbocycles. The van der Waals surface area contributed by atoms with E-state index in [2.05, 4.69) is 19.0 Å². The van der Waals surface area contributed by atoms with Gasteiger partial charge in [-0.1, -0.05) is 6.07 Å². The van der Waals surface area contributed by atoms with Gasteiger partial charge in [0, 0.05) is 25.6 Å². The molecule has 136 valence electrons. The normalized spacial score (nSPS) is 18.3. The number of rotatable bonds is 7. The summed E-state index contributed by atoms with van der Waals surface area (Å²) in [5.41, 5.74) is 0.189. The first-order valence-electron chi connectivity index (χ1n) is 8.14. The number of likely N-dealkylation sites (N-methyl/N-ethyl adjacent to an activating group) is 2. The molecule has 0 saturated carbocycles. The highest BCUT2D eigenvalue weighted by molar-refractivity contribution is 7.92. The molecule has 0 bridgehead atoms. The van der Waals surface area contributed by atoms with Gasteiger partial charge >= 0.3 is 0 Å². The lowest BCUT2D eigenvalue weighted by molar-refractivity contribution is -0.913. The number of benzene rings is 1. The molecule has 0 aliphatic carbocycles. The Labute approximate surface area is 144 Å². The van der Waals surface area contributed by atoms with Gasteiger partial charge < -0.3 is 9.22 Å². The number of hydrogen-bond donors (Lipinski definition) is 1. The number of piperazine rings is 1. The number of hydrogen-bond acceptors (Lipinski definition) is 5. The average Bonchev–Trinajstić information content (AvgIpc) is 2.57. The minimum atomic E-state index is -3.76. The molecular weight excluding hydrogens is 330 g/mol. The lowest BCUT2D eigenvalue weighted by Crippen LogP contribution is -2.56. The number of anilines is 1. The third kappa shape index (κ3) is 4.83. The zero-order valence-corrected chi connectivity index (χ0v) is 15.5. The van der Waals surface area contributed by atoms with Gasteiger partial charge in [0.25, 0.3) is 10.0 Å². The van der Waals surface area contributed by atoms with Gasteiger partial charge in [-0.25, -0.2) is 8.42 Å². The van der Waals surface area contributed by atoms with Crippen LogP contribution in [0.25, 0.3) is 0 Å². The molecule has 1 N–H and O–H groups in total. The third-order valence-electron chi connectivity index (χ3n) is 4.68. The summed E-state index contributed by atoms with van der Waals surface area (Å²) in [6, 6.07) is 6.37. The van der Waals surface area contributed by atoms with Crippen molar-refractivity contribution in [2.75, 3.05) is 64.2 Å². The Balaban J connectivity index is 1.93. The van der Waals surface area contributed by atoms with E-state index in [1.54, 1.807) is 12.1 Å². The predicted molar refractivity (Wildman–Crippen MR) is 93.9 cm³/mol. The van der Waals surface area contributed by atoms with Gasteiger partial charge in [0.1, 0.15) is 5.75 Å². The van der Waals surface area contributed by atoms with Crippen molar-refractivity contribution in [2.45, 2.75) is 6.42 Å². The van der Waals surface area contributed by atoms with Gasteiger partial charge in [-0.05, 0) is 19.2 Å². The summed E-state index contributed by atoms with van der Waals surface area (Å²) in [7, 11) is 2.00. The number of ether oxygens (including phenoxy) is 1. The molecule has 0 amide bonds. The second-order valence-electron chi connectivity index (χ2n) is 6.71. The van der Waals surface area contributed by atoms with Crippen LogP contribution in [0.3, 0.4) is 0 Å². The molecule has 24 heavy (non-hydrogen) atoms. The van der Waals surface area contributed by atoms with Crippen LogP contribution in [0.4, 0.5) is 5.69 Å². The lowest BCUT2D eigenvalue weighted by Gasteiger charge is -2.41. The quantitative estimate of drug-likeness (QED) is 0.582. The fourth-order valence-corrected chi connectivity index (χ4v) is 3.98. The Kier molecular flexibility index (Phi) is 6.08. The highest BCUT2D eigenvalue weighted by Gasteiger charge is 2.28. The Hall–Kier alpha value is -1.35. The molecule has 8 heteroatoms. The first-order valence-corrected chi connectivity index (χ1v) is 9.75. The lowest BCUT2D eigenvalue weighted by atomic mass is 10.2. The van der Waals surface area contributed by atoms with Gasteiger partial charge in [0.15, 0.2) is 0 Å². The fraction of sp³-hybridized carbons (Fsp3) is 0.625. The highest BCUT2D eigenvalue weighted by atomic mass is 32.2. The zero-order chi connectivity index (χ0) is 17.8. The van der Waals surface area contributed by atoms with Gasteiger partial charge in [0.05, 0.1) is 45.2 Å². The second-order valence-corrected chi connectivity index (χ2v) is 8.63. The summed E-state index contributed by atoms with van der Waals surface area (Å²) >= 11 is 0. The summed E-state index contributed by atoms with van der Waals surface area (Å²) in [4.78, 5) is 2.29. The SMILES string of the molecule is COc1cccc(N(O)S(=O)(=O)CCC[N+]2(C)CCN(C)CC2)c1. The fourth-order valence-electron chi connectivity index (χ4n) is 2.88. The van der Waals surface area contributed by atoms with Crippen molar-refractivity contribution in [2.24, 2.45) is 0 Å². The van der Waals surface area contributed by atoms with Crippen LogP contribution >= 0.6 is 0 Å². The molecule has 0 radical (unpaired) electrons. The molecule has 1 heterocycles. The molecule has 0 spiro atoms. The van der Waals surface area contributed by atoms with Gasteiger partial charge in [-0.3, -0.25) is 10.1 Å². The maximum absolute atomic E-state index is 12.3. The van der Waals surface area contributed by atoms with Crippen LogP contribution in [-0.4, -0.2) is 82.7 Å². The van der Waals surface area contributed by atoms with Crippen molar-refractivity contribution < 1.29 is 22.8 Å². The summed E-state index contributed by atoms with van der Waals surface area (Å²) in [6.45, 7) is 4.89.